The second-order valence-electron chi connectivity index (χ2n) is 6.27. The maximum Gasteiger partial charge on any atom is 0.0349 e. The Kier molecular flexibility index (Phi) is 4.66. The Hall–Kier alpha value is -1.67. The van der Waals surface area contributed by atoms with Crippen LogP contribution in [0.3, 0.4) is 0 Å². The maximum atomic E-state index is 4.08. The minimum atomic E-state index is 0.598. The Morgan fingerprint density at radius 2 is 2.00 bits per heavy atom. The molecule has 3 rings (SSSR count). The molecule has 21 heavy (non-hydrogen) atoms. The van der Waals surface area contributed by atoms with Gasteiger partial charge >= 0.3 is 0 Å². The number of pyridine rings is 1. The van der Waals surface area contributed by atoms with Crippen LogP contribution in [0, 0.1) is 12.0 Å². The monoisotopic (exact) mass is 279 g/mol. The first-order chi connectivity index (χ1) is 10.3. The molecule has 1 fully saturated rings. The predicted octanol–water partition coefficient (Wildman–Crippen LogP) is 3.94. The third-order valence-electron chi connectivity index (χ3n) is 4.47. The molecule has 1 aromatic heterocycles. The minimum Gasteiger partial charge on any atom is -0.310 e. The van der Waals surface area contributed by atoms with Gasteiger partial charge in [0.2, 0.25) is 0 Å². The molecule has 0 saturated heterocycles. The van der Waals surface area contributed by atoms with Crippen LogP contribution < -0.4 is 5.32 Å². The van der Waals surface area contributed by atoms with Crippen molar-refractivity contribution in [3.63, 3.8) is 0 Å². The van der Waals surface area contributed by atoms with Crippen molar-refractivity contribution in [1.82, 2.24) is 10.3 Å². The standard InChI is InChI=1S/C19H23N2/c1-15-11-18(17-7-9-20-10-8-17)13-19(12-15)21-14-16-5-3-2-4-6-16/h2-7,9-10,15,18-19,21H,11-14H2,1H3. The van der Waals surface area contributed by atoms with Crippen molar-refractivity contribution >= 4 is 0 Å². The van der Waals surface area contributed by atoms with Crippen molar-refractivity contribution in [2.24, 2.45) is 5.92 Å². The summed E-state index contributed by atoms with van der Waals surface area (Å²) in [7, 11) is 0. The fourth-order valence-corrected chi connectivity index (χ4v) is 3.46. The summed E-state index contributed by atoms with van der Waals surface area (Å²) in [6.07, 6.45) is 7.43. The number of nitrogens with one attached hydrogen (secondary N) is 1. The van der Waals surface area contributed by atoms with Gasteiger partial charge in [-0.1, -0.05) is 37.3 Å². The first-order valence-electron chi connectivity index (χ1n) is 7.90. The van der Waals surface area contributed by atoms with E-state index in [4.69, 9.17) is 0 Å². The van der Waals surface area contributed by atoms with Gasteiger partial charge in [0.05, 0.1) is 0 Å². The van der Waals surface area contributed by atoms with Crippen LogP contribution in [-0.2, 0) is 6.54 Å². The van der Waals surface area contributed by atoms with Gasteiger partial charge in [-0.2, -0.15) is 0 Å². The van der Waals surface area contributed by atoms with Gasteiger partial charge in [-0.3, -0.25) is 4.98 Å². The van der Waals surface area contributed by atoms with E-state index >= 15 is 0 Å². The van der Waals surface area contributed by atoms with Gasteiger partial charge in [0.15, 0.2) is 0 Å². The molecule has 1 aliphatic rings. The molecule has 2 nitrogen and oxygen atoms in total. The molecule has 2 heteroatoms. The fraction of sp³-hybridized carbons (Fsp3) is 0.421. The Balaban J connectivity index is 1.61. The average molecular weight is 279 g/mol. The summed E-state index contributed by atoms with van der Waals surface area (Å²) in [6, 6.07) is 16.7. The summed E-state index contributed by atoms with van der Waals surface area (Å²) in [5.74, 6) is 1.38. The zero-order chi connectivity index (χ0) is 14.5. The summed E-state index contributed by atoms with van der Waals surface area (Å²) in [6.45, 7) is 3.33. The summed E-state index contributed by atoms with van der Waals surface area (Å²) in [5.41, 5.74) is 2.69. The van der Waals surface area contributed by atoms with Crippen LogP contribution >= 0.6 is 0 Å². The molecule has 0 spiro atoms. The highest BCUT2D eigenvalue weighted by atomic mass is 14.9. The molecule has 1 N–H and O–H groups in total. The zero-order valence-corrected chi connectivity index (χ0v) is 12.6. The average Bonchev–Trinajstić information content (AvgIpc) is 2.54. The third kappa shape index (κ3) is 3.92. The number of rotatable bonds is 4. The fourth-order valence-electron chi connectivity index (χ4n) is 3.46. The van der Waals surface area contributed by atoms with Gasteiger partial charge in [0.1, 0.15) is 0 Å². The highest BCUT2D eigenvalue weighted by molar-refractivity contribution is 5.17. The van der Waals surface area contributed by atoms with Crippen LogP contribution in [0.25, 0.3) is 0 Å². The van der Waals surface area contributed by atoms with Crippen LogP contribution in [0.1, 0.15) is 43.2 Å². The minimum absolute atomic E-state index is 0.598. The lowest BCUT2D eigenvalue weighted by Crippen LogP contribution is -2.36. The summed E-state index contributed by atoms with van der Waals surface area (Å²) in [5, 5.41) is 3.74. The predicted molar refractivity (Wildman–Crippen MR) is 85.9 cm³/mol. The van der Waals surface area contributed by atoms with Crippen LogP contribution in [0.15, 0.2) is 48.8 Å². The van der Waals surface area contributed by atoms with Crippen LogP contribution in [0.2, 0.25) is 0 Å². The third-order valence-corrected chi connectivity index (χ3v) is 4.47. The number of aromatic nitrogens is 1. The van der Waals surface area contributed by atoms with E-state index < -0.39 is 0 Å². The van der Waals surface area contributed by atoms with Gasteiger partial charge in [0, 0.05) is 31.0 Å². The SMILES string of the molecule is CC1CC(NCc2ccccc2)CC(c2[c]cncc2)C1. The molecular formula is C19H23N2. The maximum absolute atomic E-state index is 4.08. The topological polar surface area (TPSA) is 24.9 Å². The summed E-state index contributed by atoms with van der Waals surface area (Å²) >= 11 is 0. The molecule has 1 aromatic carbocycles. The van der Waals surface area contributed by atoms with E-state index in [1.807, 2.05) is 6.20 Å². The van der Waals surface area contributed by atoms with Crippen molar-refractivity contribution < 1.29 is 0 Å². The lowest BCUT2D eigenvalue weighted by molar-refractivity contribution is 0.270. The molecule has 2 aromatic rings. The summed E-state index contributed by atoms with van der Waals surface area (Å²) in [4.78, 5) is 4.08. The Morgan fingerprint density at radius 3 is 2.76 bits per heavy atom. The van der Waals surface area contributed by atoms with Crippen molar-refractivity contribution in [3.8, 4) is 0 Å². The van der Waals surface area contributed by atoms with E-state index in [2.05, 4.69) is 59.7 Å². The molecule has 1 heterocycles. The molecule has 1 radical (unpaired) electrons. The molecule has 0 amide bonds. The molecule has 1 saturated carbocycles. The van der Waals surface area contributed by atoms with Crippen LogP contribution in [-0.4, -0.2) is 11.0 Å². The van der Waals surface area contributed by atoms with Crippen molar-refractivity contribution in [2.75, 3.05) is 0 Å². The van der Waals surface area contributed by atoms with E-state index in [1.54, 1.807) is 6.20 Å². The lowest BCUT2D eigenvalue weighted by atomic mass is 9.76. The Labute approximate surface area is 127 Å². The second kappa shape index (κ2) is 6.86. The number of hydrogen-bond acceptors (Lipinski definition) is 2. The molecule has 0 aliphatic heterocycles. The lowest BCUT2D eigenvalue weighted by Gasteiger charge is -2.34. The molecule has 1 aliphatic carbocycles. The zero-order valence-electron chi connectivity index (χ0n) is 12.6. The van der Waals surface area contributed by atoms with E-state index in [1.165, 1.54) is 30.4 Å². The molecular weight excluding hydrogens is 256 g/mol. The Bertz CT molecular complexity index is 538. The largest absolute Gasteiger partial charge is 0.310 e. The van der Waals surface area contributed by atoms with Gasteiger partial charge in [-0.05, 0) is 48.3 Å². The Morgan fingerprint density at radius 1 is 1.14 bits per heavy atom. The van der Waals surface area contributed by atoms with Crippen LogP contribution in [0.4, 0.5) is 0 Å². The van der Waals surface area contributed by atoms with Gasteiger partial charge in [0.25, 0.3) is 0 Å². The van der Waals surface area contributed by atoms with E-state index in [9.17, 15) is 0 Å². The molecule has 3 unspecified atom stereocenters. The van der Waals surface area contributed by atoms with Crippen molar-refractivity contribution in [1.29, 1.82) is 0 Å². The quantitative estimate of drug-likeness (QED) is 0.917. The first kappa shape index (κ1) is 14.3. The van der Waals surface area contributed by atoms with Gasteiger partial charge in [-0.25, -0.2) is 0 Å². The number of hydrogen-bond donors (Lipinski definition) is 1. The van der Waals surface area contributed by atoms with Crippen molar-refractivity contribution in [3.05, 3.63) is 66.0 Å². The number of nitrogens with zero attached hydrogens (tertiary/aromatic N) is 1. The van der Waals surface area contributed by atoms with E-state index in [0.717, 1.165) is 12.5 Å². The molecule has 3 atom stereocenters. The van der Waals surface area contributed by atoms with Gasteiger partial charge < -0.3 is 5.32 Å². The van der Waals surface area contributed by atoms with Crippen LogP contribution in [0.5, 0.6) is 0 Å². The first-order valence-corrected chi connectivity index (χ1v) is 7.90. The molecule has 0 bridgehead atoms. The highest BCUT2D eigenvalue weighted by Gasteiger charge is 2.27. The number of benzene rings is 1. The van der Waals surface area contributed by atoms with Gasteiger partial charge in [-0.15, -0.1) is 0 Å². The van der Waals surface area contributed by atoms with E-state index in [0.29, 0.717) is 12.0 Å². The summed E-state index contributed by atoms with van der Waals surface area (Å²) < 4.78 is 0. The smallest absolute Gasteiger partial charge is 0.0349 e. The second-order valence-corrected chi connectivity index (χ2v) is 6.27. The normalized spacial score (nSPS) is 25.7. The highest BCUT2D eigenvalue weighted by Crippen LogP contribution is 2.35. The van der Waals surface area contributed by atoms with E-state index in [-0.39, 0.29) is 0 Å². The van der Waals surface area contributed by atoms with Crippen molar-refractivity contribution in [2.45, 2.75) is 44.7 Å². The molecule has 109 valence electrons.